The van der Waals surface area contributed by atoms with Crippen LogP contribution in [0.25, 0.3) is 27.9 Å². The summed E-state index contributed by atoms with van der Waals surface area (Å²) in [6, 6.07) is 14.5. The number of aromatic nitrogens is 3. The van der Waals surface area contributed by atoms with Crippen molar-refractivity contribution in [3.05, 3.63) is 61.1 Å². The number of rotatable bonds is 4. The highest BCUT2D eigenvalue weighted by Gasteiger charge is 2.24. The first-order chi connectivity index (χ1) is 15.9. The molecule has 0 amide bonds. The molecule has 33 heavy (non-hydrogen) atoms. The van der Waals surface area contributed by atoms with Gasteiger partial charge in [0.1, 0.15) is 0 Å². The van der Waals surface area contributed by atoms with Crippen LogP contribution in [0.3, 0.4) is 0 Å². The molecule has 9 heteroatoms. The minimum absolute atomic E-state index is 0.177. The van der Waals surface area contributed by atoms with Crippen molar-refractivity contribution in [2.75, 3.05) is 23.7 Å². The number of nitrogens with zero attached hydrogens (tertiary/aromatic N) is 4. The van der Waals surface area contributed by atoms with Gasteiger partial charge in [-0.25, -0.2) is 13.7 Å². The fourth-order valence-electron chi connectivity index (χ4n) is 4.55. The molecule has 8 nitrogen and oxygen atoms in total. The van der Waals surface area contributed by atoms with Crippen LogP contribution in [0.2, 0.25) is 0 Å². The Balaban J connectivity index is 1.45. The second-order valence-corrected chi connectivity index (χ2v) is 9.42. The molecule has 5 rings (SSSR count). The number of fused-ring (bicyclic) bond motifs is 1. The standard InChI is InChI=1S/C24H26N6O2S/c1-15-10-26-11-16(2)30(15)20-6-3-17(4-7-20)19-12-27-24-21(13-28-29(24)14-19)18-5-8-22(25)23(9-18)33(31)32/h3-9,12-16,26H,10-11,25H2,1-2H3,(H,31,32). The van der Waals surface area contributed by atoms with Gasteiger partial charge in [0.15, 0.2) is 16.7 Å². The van der Waals surface area contributed by atoms with Crippen molar-refractivity contribution in [2.45, 2.75) is 30.8 Å². The summed E-state index contributed by atoms with van der Waals surface area (Å²) < 4.78 is 22.8. The zero-order valence-electron chi connectivity index (χ0n) is 18.5. The van der Waals surface area contributed by atoms with E-state index in [0.29, 0.717) is 17.7 Å². The van der Waals surface area contributed by atoms with Crippen LogP contribution in [0.4, 0.5) is 11.4 Å². The lowest BCUT2D eigenvalue weighted by atomic mass is 10.0. The first kappa shape index (κ1) is 21.6. The summed E-state index contributed by atoms with van der Waals surface area (Å²) in [5.41, 5.74) is 11.5. The number of nitrogens with one attached hydrogen (secondary N) is 1. The number of anilines is 2. The van der Waals surface area contributed by atoms with Gasteiger partial charge in [-0.1, -0.05) is 18.2 Å². The van der Waals surface area contributed by atoms with E-state index in [1.165, 1.54) is 5.69 Å². The Kier molecular flexibility index (Phi) is 5.61. The third kappa shape index (κ3) is 3.99. The minimum Gasteiger partial charge on any atom is -0.398 e. The molecule has 3 unspecified atom stereocenters. The van der Waals surface area contributed by atoms with E-state index in [1.807, 2.05) is 12.4 Å². The molecular weight excluding hydrogens is 436 g/mol. The van der Waals surface area contributed by atoms with E-state index in [4.69, 9.17) is 5.73 Å². The van der Waals surface area contributed by atoms with E-state index in [0.717, 1.165) is 35.3 Å². The second kappa shape index (κ2) is 8.58. The Morgan fingerprint density at radius 3 is 2.42 bits per heavy atom. The molecule has 0 spiro atoms. The predicted molar refractivity (Wildman–Crippen MR) is 132 cm³/mol. The van der Waals surface area contributed by atoms with Crippen LogP contribution in [0.15, 0.2) is 66.0 Å². The van der Waals surface area contributed by atoms with Crippen LogP contribution in [0.5, 0.6) is 0 Å². The second-order valence-electron chi connectivity index (χ2n) is 8.48. The SMILES string of the molecule is CC1CNCC(C)N1c1ccc(-c2cnc3c(-c4ccc(N)c(S(=O)O)c4)cnn3c2)cc1. The maximum Gasteiger partial charge on any atom is 0.188 e. The van der Waals surface area contributed by atoms with E-state index in [1.54, 1.807) is 28.9 Å². The monoisotopic (exact) mass is 462 g/mol. The van der Waals surface area contributed by atoms with Gasteiger partial charge in [-0.15, -0.1) is 0 Å². The molecule has 0 aliphatic carbocycles. The smallest absolute Gasteiger partial charge is 0.188 e. The zero-order valence-corrected chi connectivity index (χ0v) is 19.3. The number of nitrogen functional groups attached to an aromatic ring is 1. The summed E-state index contributed by atoms with van der Waals surface area (Å²) in [4.78, 5) is 7.28. The van der Waals surface area contributed by atoms with Gasteiger partial charge in [-0.3, -0.25) is 0 Å². The van der Waals surface area contributed by atoms with E-state index < -0.39 is 11.1 Å². The van der Waals surface area contributed by atoms with Crippen LogP contribution >= 0.6 is 0 Å². The summed E-state index contributed by atoms with van der Waals surface area (Å²) >= 11 is -2.16. The van der Waals surface area contributed by atoms with Crippen LogP contribution in [0, 0.1) is 0 Å². The van der Waals surface area contributed by atoms with Crippen molar-refractivity contribution in [2.24, 2.45) is 0 Å². The lowest BCUT2D eigenvalue weighted by Gasteiger charge is -2.41. The Labute approximate surface area is 194 Å². The molecular formula is C24H26N6O2S. The highest BCUT2D eigenvalue weighted by atomic mass is 32.2. The first-order valence-corrected chi connectivity index (χ1v) is 12.0. The molecule has 0 bridgehead atoms. The molecule has 2 aromatic carbocycles. The number of benzene rings is 2. The van der Waals surface area contributed by atoms with Gasteiger partial charge >= 0.3 is 0 Å². The Morgan fingerprint density at radius 1 is 1.03 bits per heavy atom. The molecule has 2 aromatic heterocycles. The minimum atomic E-state index is -2.16. The van der Waals surface area contributed by atoms with Crippen molar-refractivity contribution in [3.8, 4) is 22.3 Å². The Bertz CT molecular complexity index is 1330. The average Bonchev–Trinajstić information content (AvgIpc) is 3.23. The van der Waals surface area contributed by atoms with Gasteiger partial charge in [0.2, 0.25) is 0 Å². The van der Waals surface area contributed by atoms with Crippen LogP contribution < -0.4 is 16.0 Å². The molecule has 1 aliphatic heterocycles. The van der Waals surface area contributed by atoms with Crippen molar-refractivity contribution < 1.29 is 8.76 Å². The van der Waals surface area contributed by atoms with Crippen molar-refractivity contribution in [1.29, 1.82) is 0 Å². The lowest BCUT2D eigenvalue weighted by Crippen LogP contribution is -2.55. The maximum atomic E-state index is 11.6. The summed E-state index contributed by atoms with van der Waals surface area (Å²) in [6.45, 7) is 6.45. The predicted octanol–water partition coefficient (Wildman–Crippen LogP) is 3.41. The summed E-state index contributed by atoms with van der Waals surface area (Å²) in [6.07, 6.45) is 5.48. The summed E-state index contributed by atoms with van der Waals surface area (Å²) in [7, 11) is 0. The molecule has 0 radical (unpaired) electrons. The normalized spacial score (nSPS) is 19.7. The van der Waals surface area contributed by atoms with Crippen molar-refractivity contribution in [1.82, 2.24) is 19.9 Å². The quantitative estimate of drug-likeness (QED) is 0.315. The maximum absolute atomic E-state index is 11.6. The van der Waals surface area contributed by atoms with Gasteiger partial charge in [0.25, 0.3) is 0 Å². The number of piperazine rings is 1. The largest absolute Gasteiger partial charge is 0.398 e. The fourth-order valence-corrected chi connectivity index (χ4v) is 5.05. The van der Waals surface area contributed by atoms with Gasteiger partial charge in [0, 0.05) is 54.4 Å². The Hall–Kier alpha value is -3.27. The molecule has 3 heterocycles. The molecule has 170 valence electrons. The first-order valence-electron chi connectivity index (χ1n) is 10.9. The summed E-state index contributed by atoms with van der Waals surface area (Å²) in [5, 5.41) is 7.93. The molecule has 3 atom stereocenters. The van der Waals surface area contributed by atoms with Gasteiger partial charge < -0.3 is 20.5 Å². The van der Waals surface area contributed by atoms with Crippen molar-refractivity contribution >= 4 is 28.1 Å². The molecule has 1 saturated heterocycles. The lowest BCUT2D eigenvalue weighted by molar-refractivity contribution is 0.432. The molecule has 0 saturated carbocycles. The van der Waals surface area contributed by atoms with E-state index >= 15 is 0 Å². The van der Waals surface area contributed by atoms with Gasteiger partial charge in [0.05, 0.1) is 16.8 Å². The fraction of sp³-hybridized carbons (Fsp3) is 0.250. The number of nitrogens with two attached hydrogens (primary N) is 1. The third-order valence-corrected chi connectivity index (χ3v) is 6.93. The van der Waals surface area contributed by atoms with Gasteiger partial charge in [-0.2, -0.15) is 5.10 Å². The van der Waals surface area contributed by atoms with Crippen LogP contribution in [-0.2, 0) is 11.1 Å². The van der Waals surface area contributed by atoms with Crippen molar-refractivity contribution in [3.63, 3.8) is 0 Å². The third-order valence-electron chi connectivity index (χ3n) is 6.20. The van der Waals surface area contributed by atoms with Crippen LogP contribution in [-0.4, -0.2) is 48.5 Å². The Morgan fingerprint density at radius 2 is 1.73 bits per heavy atom. The number of hydrogen-bond acceptors (Lipinski definition) is 6. The van der Waals surface area contributed by atoms with E-state index in [9.17, 15) is 8.76 Å². The average molecular weight is 463 g/mol. The zero-order chi connectivity index (χ0) is 23.1. The highest BCUT2D eigenvalue weighted by Crippen LogP contribution is 2.30. The molecule has 4 aromatic rings. The molecule has 1 aliphatic rings. The number of hydrogen-bond donors (Lipinski definition) is 3. The highest BCUT2D eigenvalue weighted by molar-refractivity contribution is 7.79. The van der Waals surface area contributed by atoms with E-state index in [-0.39, 0.29) is 10.6 Å². The molecule has 4 N–H and O–H groups in total. The molecule has 1 fully saturated rings. The topological polar surface area (TPSA) is 109 Å². The van der Waals surface area contributed by atoms with E-state index in [2.05, 4.69) is 58.4 Å². The van der Waals surface area contributed by atoms with Gasteiger partial charge in [-0.05, 0) is 49.2 Å². The summed E-state index contributed by atoms with van der Waals surface area (Å²) in [5.74, 6) is 0. The van der Waals surface area contributed by atoms with Crippen LogP contribution in [0.1, 0.15) is 13.8 Å².